The zero-order valence-corrected chi connectivity index (χ0v) is 15.4. The fourth-order valence-electron chi connectivity index (χ4n) is 2.41. The maximum Gasteiger partial charge on any atom is 0.249 e. The summed E-state index contributed by atoms with van der Waals surface area (Å²) in [5, 5.41) is 19.5. The lowest BCUT2D eigenvalue weighted by Crippen LogP contribution is -2.06. The van der Waals surface area contributed by atoms with Gasteiger partial charge in [-0.3, -0.25) is 9.59 Å². The second-order valence-corrected chi connectivity index (χ2v) is 5.94. The van der Waals surface area contributed by atoms with E-state index in [1.54, 1.807) is 36.4 Å². The van der Waals surface area contributed by atoms with Crippen molar-refractivity contribution >= 4 is 46.3 Å². The van der Waals surface area contributed by atoms with Crippen LogP contribution >= 0.6 is 0 Å². The molecule has 0 aliphatic heterocycles. The Balaban J connectivity index is 1.69. The summed E-state index contributed by atoms with van der Waals surface area (Å²) in [7, 11) is 0. The highest BCUT2D eigenvalue weighted by molar-refractivity contribution is 5.89. The Labute approximate surface area is 161 Å². The predicted molar refractivity (Wildman–Crippen MR) is 108 cm³/mol. The van der Waals surface area contributed by atoms with Crippen molar-refractivity contribution < 1.29 is 9.59 Å². The molecule has 0 radical (unpaired) electrons. The van der Waals surface area contributed by atoms with E-state index in [2.05, 4.69) is 36.4 Å². The normalized spacial score (nSPS) is 10.1. The molecule has 3 aromatic rings. The van der Waals surface area contributed by atoms with Gasteiger partial charge in [0, 0.05) is 36.6 Å². The smallest absolute Gasteiger partial charge is 0.249 e. The maximum absolute atomic E-state index is 11.2. The van der Waals surface area contributed by atoms with Gasteiger partial charge in [0.15, 0.2) is 5.82 Å². The average Bonchev–Trinajstić information content (AvgIpc) is 2.63. The van der Waals surface area contributed by atoms with E-state index in [4.69, 9.17) is 0 Å². The number of aromatic nitrogens is 3. The first kappa shape index (κ1) is 18.8. The van der Waals surface area contributed by atoms with Gasteiger partial charge >= 0.3 is 0 Å². The van der Waals surface area contributed by atoms with Gasteiger partial charge < -0.3 is 21.3 Å². The van der Waals surface area contributed by atoms with E-state index < -0.39 is 0 Å². The molecule has 9 heteroatoms. The number of anilines is 6. The number of benzene rings is 2. The highest BCUT2D eigenvalue weighted by Crippen LogP contribution is 2.20. The first-order valence-corrected chi connectivity index (χ1v) is 8.47. The molecule has 2 aromatic carbocycles. The van der Waals surface area contributed by atoms with Crippen molar-refractivity contribution in [3.05, 3.63) is 54.7 Å². The van der Waals surface area contributed by atoms with Crippen LogP contribution in [0.2, 0.25) is 0 Å². The Hall–Kier alpha value is -4.01. The van der Waals surface area contributed by atoms with Crippen molar-refractivity contribution in [3.63, 3.8) is 0 Å². The summed E-state index contributed by atoms with van der Waals surface area (Å²) in [6, 6.07) is 14.4. The molecule has 3 rings (SSSR count). The first-order chi connectivity index (χ1) is 13.5. The van der Waals surface area contributed by atoms with Crippen LogP contribution in [0.15, 0.2) is 54.7 Å². The molecule has 0 aliphatic rings. The number of rotatable bonds is 6. The van der Waals surface area contributed by atoms with Crippen molar-refractivity contribution in [1.29, 1.82) is 0 Å². The van der Waals surface area contributed by atoms with Crippen molar-refractivity contribution in [2.75, 3.05) is 21.3 Å². The molecule has 0 aliphatic carbocycles. The standard InChI is InChI=1S/C19H19N7O2/c1-12(27)21-14-6-8-15(9-7-14)24-19-25-18(11-20-26-19)23-17-5-3-4-16(10-17)22-13(2)28/h3-11H,1-2H3,(H,21,27)(H,22,28)(H2,23,24,25,26). The molecule has 0 atom stereocenters. The quantitative estimate of drug-likeness (QED) is 0.520. The number of nitrogens with zero attached hydrogens (tertiary/aromatic N) is 3. The molecule has 0 fully saturated rings. The molecular formula is C19H19N7O2. The van der Waals surface area contributed by atoms with Gasteiger partial charge in [0.2, 0.25) is 17.8 Å². The Kier molecular flexibility index (Phi) is 5.75. The van der Waals surface area contributed by atoms with E-state index in [0.29, 0.717) is 23.1 Å². The second-order valence-electron chi connectivity index (χ2n) is 5.94. The van der Waals surface area contributed by atoms with Gasteiger partial charge in [0.25, 0.3) is 0 Å². The van der Waals surface area contributed by atoms with Gasteiger partial charge in [0.05, 0.1) is 6.20 Å². The summed E-state index contributed by atoms with van der Waals surface area (Å²) >= 11 is 0. The largest absolute Gasteiger partial charge is 0.339 e. The lowest BCUT2D eigenvalue weighted by Gasteiger charge is -2.09. The molecule has 0 saturated carbocycles. The summed E-state index contributed by atoms with van der Waals surface area (Å²) in [5.41, 5.74) is 2.88. The van der Waals surface area contributed by atoms with Crippen LogP contribution in [0.1, 0.15) is 13.8 Å². The van der Waals surface area contributed by atoms with Gasteiger partial charge in [-0.05, 0) is 42.5 Å². The van der Waals surface area contributed by atoms with Crippen LogP contribution < -0.4 is 21.3 Å². The van der Waals surface area contributed by atoms with Crippen LogP contribution in [0.4, 0.5) is 34.5 Å². The van der Waals surface area contributed by atoms with Crippen LogP contribution in [-0.4, -0.2) is 27.0 Å². The summed E-state index contributed by atoms with van der Waals surface area (Å²) in [6.07, 6.45) is 1.50. The predicted octanol–water partition coefficient (Wildman–Crippen LogP) is 3.28. The van der Waals surface area contributed by atoms with E-state index in [1.165, 1.54) is 20.0 Å². The first-order valence-electron chi connectivity index (χ1n) is 8.47. The minimum Gasteiger partial charge on any atom is -0.339 e. The van der Waals surface area contributed by atoms with Crippen LogP contribution in [0.3, 0.4) is 0 Å². The summed E-state index contributed by atoms with van der Waals surface area (Å²) in [5.74, 6) is 0.536. The monoisotopic (exact) mass is 377 g/mol. The van der Waals surface area contributed by atoms with Crippen molar-refractivity contribution in [3.8, 4) is 0 Å². The number of hydrogen-bond acceptors (Lipinski definition) is 7. The van der Waals surface area contributed by atoms with Crippen LogP contribution in [-0.2, 0) is 9.59 Å². The Morgan fingerprint density at radius 2 is 1.43 bits per heavy atom. The van der Waals surface area contributed by atoms with Gasteiger partial charge in [-0.25, -0.2) is 0 Å². The van der Waals surface area contributed by atoms with Gasteiger partial charge in [-0.1, -0.05) is 6.07 Å². The Morgan fingerprint density at radius 3 is 2.14 bits per heavy atom. The molecule has 1 aromatic heterocycles. The lowest BCUT2D eigenvalue weighted by molar-refractivity contribution is -0.115. The van der Waals surface area contributed by atoms with Gasteiger partial charge in [-0.15, -0.1) is 5.10 Å². The maximum atomic E-state index is 11.2. The van der Waals surface area contributed by atoms with Crippen LogP contribution in [0, 0.1) is 0 Å². The summed E-state index contributed by atoms with van der Waals surface area (Å²) in [4.78, 5) is 26.6. The summed E-state index contributed by atoms with van der Waals surface area (Å²) < 4.78 is 0. The molecular weight excluding hydrogens is 358 g/mol. The second kappa shape index (κ2) is 8.58. The minimum absolute atomic E-state index is 0.130. The Bertz CT molecular complexity index is 990. The fourth-order valence-corrected chi connectivity index (χ4v) is 2.41. The molecule has 4 N–H and O–H groups in total. The molecule has 9 nitrogen and oxygen atoms in total. The Morgan fingerprint density at radius 1 is 0.786 bits per heavy atom. The van der Waals surface area contributed by atoms with E-state index in [9.17, 15) is 9.59 Å². The third kappa shape index (κ3) is 5.49. The van der Waals surface area contributed by atoms with Crippen molar-refractivity contribution in [2.24, 2.45) is 0 Å². The topological polar surface area (TPSA) is 121 Å². The number of hydrogen-bond donors (Lipinski definition) is 4. The van der Waals surface area contributed by atoms with Crippen LogP contribution in [0.5, 0.6) is 0 Å². The molecule has 2 amide bonds. The number of nitrogens with one attached hydrogen (secondary N) is 4. The fraction of sp³-hybridized carbons (Fsp3) is 0.105. The van der Waals surface area contributed by atoms with Gasteiger partial charge in [-0.2, -0.15) is 10.1 Å². The molecule has 142 valence electrons. The lowest BCUT2D eigenvalue weighted by atomic mass is 10.2. The zero-order valence-electron chi connectivity index (χ0n) is 15.4. The highest BCUT2D eigenvalue weighted by Gasteiger charge is 2.04. The number of amides is 2. The number of carbonyl (C=O) groups is 2. The van der Waals surface area contributed by atoms with E-state index >= 15 is 0 Å². The third-order valence-corrected chi connectivity index (χ3v) is 3.48. The van der Waals surface area contributed by atoms with Gasteiger partial charge in [0.1, 0.15) is 0 Å². The molecule has 0 spiro atoms. The zero-order chi connectivity index (χ0) is 19.9. The average molecular weight is 377 g/mol. The van der Waals surface area contributed by atoms with Crippen LogP contribution in [0.25, 0.3) is 0 Å². The van der Waals surface area contributed by atoms with Crippen molar-refractivity contribution in [2.45, 2.75) is 13.8 Å². The summed E-state index contributed by atoms with van der Waals surface area (Å²) in [6.45, 7) is 2.91. The molecule has 28 heavy (non-hydrogen) atoms. The SMILES string of the molecule is CC(=O)Nc1ccc(Nc2nncc(Nc3cccc(NC(C)=O)c3)n2)cc1. The highest BCUT2D eigenvalue weighted by atomic mass is 16.2. The molecule has 0 unspecified atom stereocenters. The molecule has 1 heterocycles. The van der Waals surface area contributed by atoms with E-state index in [0.717, 1.165) is 11.4 Å². The molecule has 0 saturated heterocycles. The third-order valence-electron chi connectivity index (χ3n) is 3.48. The minimum atomic E-state index is -0.142. The van der Waals surface area contributed by atoms with E-state index in [-0.39, 0.29) is 11.8 Å². The molecule has 0 bridgehead atoms. The van der Waals surface area contributed by atoms with Crippen molar-refractivity contribution in [1.82, 2.24) is 15.2 Å². The number of carbonyl (C=O) groups excluding carboxylic acids is 2. The van der Waals surface area contributed by atoms with E-state index in [1.807, 2.05) is 12.1 Å².